The molecule has 0 saturated heterocycles. The maximum atomic E-state index is 12.5. The van der Waals surface area contributed by atoms with Crippen molar-refractivity contribution in [3.05, 3.63) is 71.5 Å². The van der Waals surface area contributed by atoms with Crippen molar-refractivity contribution >= 4 is 23.5 Å². The number of hydrogen-bond donors (Lipinski definition) is 2. The zero-order chi connectivity index (χ0) is 19.9. The lowest BCUT2D eigenvalue weighted by atomic mass is 10.1. The van der Waals surface area contributed by atoms with Crippen LogP contribution in [0.5, 0.6) is 5.75 Å². The smallest absolute Gasteiger partial charge is 0.251 e. The fourth-order valence-corrected chi connectivity index (χ4v) is 3.33. The van der Waals surface area contributed by atoms with E-state index >= 15 is 0 Å². The summed E-state index contributed by atoms with van der Waals surface area (Å²) in [6.45, 7) is 5.08. The number of carbonyl (C=O) groups is 1. The number of nitrogens with zero attached hydrogens (tertiary/aromatic N) is 2. The molecule has 0 spiro atoms. The number of anilines is 1. The van der Waals surface area contributed by atoms with Crippen LogP contribution >= 0.6 is 11.9 Å². The molecule has 0 aliphatic heterocycles. The Morgan fingerprint density at radius 3 is 2.68 bits per heavy atom. The molecule has 0 unspecified atom stereocenters. The number of rotatable bonds is 8. The zero-order valence-electron chi connectivity index (χ0n) is 16.2. The van der Waals surface area contributed by atoms with Crippen molar-refractivity contribution in [2.45, 2.75) is 25.3 Å². The van der Waals surface area contributed by atoms with Gasteiger partial charge in [0.05, 0.1) is 12.8 Å². The van der Waals surface area contributed by atoms with E-state index in [-0.39, 0.29) is 5.91 Å². The first kappa shape index (κ1) is 19.8. The van der Waals surface area contributed by atoms with Crippen molar-refractivity contribution in [2.24, 2.45) is 7.05 Å². The maximum absolute atomic E-state index is 12.5. The Balaban J connectivity index is 1.61. The Morgan fingerprint density at radius 1 is 1.21 bits per heavy atom. The minimum absolute atomic E-state index is 0.113. The SMILES string of the molecule is CCOc1ccc(SNc2cc(C(=O)NCc3cnn(C)c3)ccc2C)cc1. The Kier molecular flexibility index (Phi) is 6.60. The maximum Gasteiger partial charge on any atom is 0.251 e. The van der Waals surface area contributed by atoms with Crippen LogP contribution in [-0.4, -0.2) is 22.3 Å². The van der Waals surface area contributed by atoms with Crippen molar-refractivity contribution in [3.63, 3.8) is 0 Å². The number of ether oxygens (including phenoxy) is 1. The van der Waals surface area contributed by atoms with E-state index in [2.05, 4.69) is 15.1 Å². The van der Waals surface area contributed by atoms with Gasteiger partial charge in [-0.05, 0) is 67.8 Å². The fraction of sp³-hybridized carbons (Fsp3) is 0.238. The number of amides is 1. The van der Waals surface area contributed by atoms with Gasteiger partial charge in [-0.15, -0.1) is 0 Å². The van der Waals surface area contributed by atoms with Crippen molar-refractivity contribution in [1.29, 1.82) is 0 Å². The first-order chi connectivity index (χ1) is 13.5. The van der Waals surface area contributed by atoms with E-state index in [1.54, 1.807) is 10.9 Å². The monoisotopic (exact) mass is 396 g/mol. The molecule has 1 amide bonds. The van der Waals surface area contributed by atoms with Gasteiger partial charge in [-0.2, -0.15) is 5.10 Å². The van der Waals surface area contributed by atoms with E-state index in [4.69, 9.17) is 4.74 Å². The minimum atomic E-state index is -0.113. The summed E-state index contributed by atoms with van der Waals surface area (Å²) in [6, 6.07) is 13.5. The van der Waals surface area contributed by atoms with Crippen LogP contribution in [0.3, 0.4) is 0 Å². The van der Waals surface area contributed by atoms with Gasteiger partial charge >= 0.3 is 0 Å². The van der Waals surface area contributed by atoms with Gasteiger partial charge in [0.25, 0.3) is 5.91 Å². The van der Waals surface area contributed by atoms with E-state index in [9.17, 15) is 4.79 Å². The molecule has 0 fully saturated rings. The lowest BCUT2D eigenvalue weighted by Crippen LogP contribution is -2.22. The number of aryl methyl sites for hydroxylation is 2. The third-order valence-corrected chi connectivity index (χ3v) is 4.95. The van der Waals surface area contributed by atoms with Gasteiger partial charge in [0, 0.05) is 41.5 Å². The highest BCUT2D eigenvalue weighted by Crippen LogP contribution is 2.26. The lowest BCUT2D eigenvalue weighted by Gasteiger charge is -2.11. The standard InChI is InChI=1S/C21H24N4O2S/c1-4-27-18-7-9-19(10-8-18)28-24-20-11-17(6-5-15(20)2)21(26)22-12-16-13-23-25(3)14-16/h5-11,13-14,24H,4,12H2,1-3H3,(H,22,26). The number of benzene rings is 2. The highest BCUT2D eigenvalue weighted by Gasteiger charge is 2.09. The average Bonchev–Trinajstić information content (AvgIpc) is 3.12. The number of hydrogen-bond acceptors (Lipinski definition) is 5. The topological polar surface area (TPSA) is 68.2 Å². The first-order valence-corrected chi connectivity index (χ1v) is 9.89. The summed E-state index contributed by atoms with van der Waals surface area (Å²) in [4.78, 5) is 13.5. The van der Waals surface area contributed by atoms with Gasteiger partial charge in [-0.3, -0.25) is 9.48 Å². The van der Waals surface area contributed by atoms with Gasteiger partial charge in [-0.25, -0.2) is 0 Å². The van der Waals surface area contributed by atoms with Gasteiger partial charge in [-0.1, -0.05) is 6.07 Å². The van der Waals surface area contributed by atoms with Crippen molar-refractivity contribution in [1.82, 2.24) is 15.1 Å². The average molecular weight is 397 g/mol. The van der Waals surface area contributed by atoms with Crippen LogP contribution in [-0.2, 0) is 13.6 Å². The number of carbonyl (C=O) groups excluding carboxylic acids is 1. The van der Waals surface area contributed by atoms with Crippen LogP contribution in [0.25, 0.3) is 0 Å². The second-order valence-electron chi connectivity index (χ2n) is 6.34. The minimum Gasteiger partial charge on any atom is -0.494 e. The number of nitrogens with one attached hydrogen (secondary N) is 2. The van der Waals surface area contributed by atoms with Crippen molar-refractivity contribution in [2.75, 3.05) is 11.3 Å². The molecule has 28 heavy (non-hydrogen) atoms. The predicted octanol–water partition coefficient (Wildman–Crippen LogP) is 4.18. The summed E-state index contributed by atoms with van der Waals surface area (Å²) in [7, 11) is 1.85. The Labute approximate surface area is 169 Å². The Morgan fingerprint density at radius 2 is 2.00 bits per heavy atom. The Hall–Kier alpha value is -2.93. The second kappa shape index (κ2) is 9.32. The van der Waals surface area contributed by atoms with Crippen LogP contribution in [0, 0.1) is 6.92 Å². The van der Waals surface area contributed by atoms with Gasteiger partial charge in [0.1, 0.15) is 5.75 Å². The molecular formula is C21H24N4O2S. The first-order valence-electron chi connectivity index (χ1n) is 9.07. The fourth-order valence-electron chi connectivity index (χ4n) is 2.61. The number of aromatic nitrogens is 2. The van der Waals surface area contributed by atoms with E-state index < -0.39 is 0 Å². The molecule has 0 bridgehead atoms. The molecule has 0 aliphatic carbocycles. The van der Waals surface area contributed by atoms with E-state index in [1.807, 2.05) is 69.6 Å². The molecule has 3 rings (SSSR count). The molecule has 7 heteroatoms. The van der Waals surface area contributed by atoms with Gasteiger partial charge < -0.3 is 14.8 Å². The summed E-state index contributed by atoms with van der Waals surface area (Å²) in [5.74, 6) is 0.744. The molecular weight excluding hydrogens is 372 g/mol. The third-order valence-electron chi connectivity index (χ3n) is 4.12. The summed E-state index contributed by atoms with van der Waals surface area (Å²) in [6.07, 6.45) is 3.63. The normalized spacial score (nSPS) is 10.5. The van der Waals surface area contributed by atoms with Crippen LogP contribution in [0.1, 0.15) is 28.4 Å². The van der Waals surface area contributed by atoms with Gasteiger partial charge in [0.2, 0.25) is 0 Å². The van der Waals surface area contributed by atoms with E-state index in [1.165, 1.54) is 11.9 Å². The molecule has 1 aromatic heterocycles. The van der Waals surface area contributed by atoms with E-state index in [0.29, 0.717) is 18.7 Å². The highest BCUT2D eigenvalue weighted by molar-refractivity contribution is 8.00. The van der Waals surface area contributed by atoms with Crippen molar-refractivity contribution in [3.8, 4) is 5.75 Å². The summed E-state index contributed by atoms with van der Waals surface area (Å²) >= 11 is 1.50. The molecule has 1 heterocycles. The molecule has 3 aromatic rings. The van der Waals surface area contributed by atoms with Crippen LogP contribution in [0.2, 0.25) is 0 Å². The molecule has 146 valence electrons. The summed E-state index contributed by atoms with van der Waals surface area (Å²) in [5, 5.41) is 7.03. The largest absolute Gasteiger partial charge is 0.494 e. The van der Waals surface area contributed by atoms with Crippen LogP contribution < -0.4 is 14.8 Å². The van der Waals surface area contributed by atoms with Crippen molar-refractivity contribution < 1.29 is 9.53 Å². The van der Waals surface area contributed by atoms with Crippen LogP contribution in [0.15, 0.2) is 59.8 Å². The van der Waals surface area contributed by atoms with Gasteiger partial charge in [0.15, 0.2) is 0 Å². The third kappa shape index (κ3) is 5.29. The molecule has 0 aliphatic rings. The summed E-state index contributed by atoms with van der Waals surface area (Å²) in [5.41, 5.74) is 3.56. The zero-order valence-corrected chi connectivity index (χ0v) is 17.0. The second-order valence-corrected chi connectivity index (χ2v) is 7.22. The predicted molar refractivity (Wildman–Crippen MR) is 113 cm³/mol. The molecule has 6 nitrogen and oxygen atoms in total. The Bertz CT molecular complexity index is 938. The molecule has 0 saturated carbocycles. The molecule has 2 N–H and O–H groups in total. The van der Waals surface area contributed by atoms with Crippen LogP contribution in [0.4, 0.5) is 5.69 Å². The molecule has 2 aromatic carbocycles. The van der Waals surface area contributed by atoms with E-state index in [0.717, 1.165) is 27.5 Å². The highest BCUT2D eigenvalue weighted by atomic mass is 32.2. The quantitative estimate of drug-likeness (QED) is 0.559. The molecule has 0 atom stereocenters. The lowest BCUT2D eigenvalue weighted by molar-refractivity contribution is 0.0951. The molecule has 0 radical (unpaired) electrons. The summed E-state index contributed by atoms with van der Waals surface area (Å²) < 4.78 is 10.5.